The number of nitrogens with zero attached hydrogens (tertiary/aromatic N) is 4. The molecular weight excluding hydrogens is 337 g/mol. The normalized spacial score (nSPS) is 10.7. The van der Waals surface area contributed by atoms with Crippen LogP contribution in [0.4, 0.5) is 11.5 Å². The van der Waals surface area contributed by atoms with Crippen LogP contribution in [-0.2, 0) is 11.2 Å². The fraction of sp³-hybridized carbons (Fsp3) is 0.133. The topological polar surface area (TPSA) is 80.7 Å². The molecule has 0 fully saturated rings. The second-order valence-electron chi connectivity index (χ2n) is 4.86. The molecule has 1 aromatic carbocycles. The first-order valence-corrected chi connectivity index (χ1v) is 7.47. The quantitative estimate of drug-likeness (QED) is 0.726. The Balaban J connectivity index is 2.12. The molecule has 3 aromatic rings. The van der Waals surface area contributed by atoms with Crippen LogP contribution in [0.25, 0.3) is 11.0 Å². The number of rotatable bonds is 4. The molecule has 0 bridgehead atoms. The summed E-state index contributed by atoms with van der Waals surface area (Å²) in [6.07, 6.45) is 4.82. The molecule has 0 spiro atoms. The Morgan fingerprint density at radius 3 is 2.74 bits per heavy atom. The van der Waals surface area contributed by atoms with Crippen LogP contribution in [0.2, 0.25) is 10.3 Å². The summed E-state index contributed by atoms with van der Waals surface area (Å²) in [6, 6.07) is 3.62. The largest absolute Gasteiger partial charge is 0.339 e. The van der Waals surface area contributed by atoms with Crippen molar-refractivity contribution in [3.05, 3.63) is 46.6 Å². The Bertz CT molecular complexity index is 900. The molecule has 1 N–H and O–H groups in total. The third-order valence-corrected chi connectivity index (χ3v) is 3.60. The number of hydrogen-bond acceptors (Lipinski definition) is 6. The van der Waals surface area contributed by atoms with Crippen molar-refractivity contribution in [3.8, 4) is 0 Å². The maximum atomic E-state index is 11.6. The highest BCUT2D eigenvalue weighted by Crippen LogP contribution is 2.29. The lowest BCUT2D eigenvalue weighted by Crippen LogP contribution is -2.05. The van der Waals surface area contributed by atoms with Crippen LogP contribution < -0.4 is 5.32 Å². The zero-order valence-electron chi connectivity index (χ0n) is 12.0. The van der Waals surface area contributed by atoms with Crippen LogP contribution in [0, 0.1) is 0 Å². The maximum Gasteiger partial charge on any atom is 0.224 e. The van der Waals surface area contributed by atoms with E-state index in [0.717, 1.165) is 5.56 Å². The molecule has 0 aliphatic heterocycles. The van der Waals surface area contributed by atoms with Crippen molar-refractivity contribution in [2.45, 2.75) is 13.3 Å². The van der Waals surface area contributed by atoms with Crippen LogP contribution in [0.15, 0.2) is 30.7 Å². The van der Waals surface area contributed by atoms with E-state index in [2.05, 4.69) is 25.3 Å². The molecule has 0 saturated carbocycles. The Kier molecular flexibility index (Phi) is 4.36. The van der Waals surface area contributed by atoms with Crippen LogP contribution in [0.1, 0.15) is 12.5 Å². The van der Waals surface area contributed by atoms with Gasteiger partial charge in [0.25, 0.3) is 0 Å². The number of hydrogen-bond donors (Lipinski definition) is 1. The molecule has 0 amide bonds. The summed E-state index contributed by atoms with van der Waals surface area (Å²) < 4.78 is 0. The number of anilines is 2. The van der Waals surface area contributed by atoms with Crippen molar-refractivity contribution in [2.75, 3.05) is 5.32 Å². The summed E-state index contributed by atoms with van der Waals surface area (Å²) in [5.41, 5.74) is 2.77. The molecule has 0 unspecified atom stereocenters. The van der Waals surface area contributed by atoms with E-state index >= 15 is 0 Å². The van der Waals surface area contributed by atoms with E-state index in [-0.39, 0.29) is 17.5 Å². The second kappa shape index (κ2) is 6.44. The number of halogens is 2. The standard InChI is InChI=1S/C15H11Cl2N5O/c1-8(23)6-9-11(2-3-12-13(9)19-5-4-18-12)21-14-10(16)7-20-15(17)22-14/h2-5,7H,6H2,1H3,(H,20,21,22). The van der Waals surface area contributed by atoms with Crippen LogP contribution in [0.5, 0.6) is 0 Å². The van der Waals surface area contributed by atoms with Gasteiger partial charge >= 0.3 is 0 Å². The summed E-state index contributed by atoms with van der Waals surface area (Å²) in [5.74, 6) is 0.373. The van der Waals surface area contributed by atoms with E-state index in [0.29, 0.717) is 27.6 Å². The van der Waals surface area contributed by atoms with Crippen LogP contribution in [-0.4, -0.2) is 25.7 Å². The highest BCUT2D eigenvalue weighted by Gasteiger charge is 2.14. The van der Waals surface area contributed by atoms with Gasteiger partial charge in [-0.3, -0.25) is 14.8 Å². The van der Waals surface area contributed by atoms with Gasteiger partial charge in [-0.1, -0.05) is 11.6 Å². The van der Waals surface area contributed by atoms with E-state index in [1.54, 1.807) is 12.4 Å². The minimum atomic E-state index is 0.0121. The molecule has 0 saturated heterocycles. The van der Waals surface area contributed by atoms with Gasteiger partial charge in [-0.2, -0.15) is 4.98 Å². The number of carbonyl (C=O) groups is 1. The first-order chi connectivity index (χ1) is 11.0. The molecule has 8 heteroatoms. The van der Waals surface area contributed by atoms with Crippen molar-refractivity contribution in [1.82, 2.24) is 19.9 Å². The number of nitrogens with one attached hydrogen (secondary N) is 1. The molecule has 3 rings (SSSR count). The second-order valence-corrected chi connectivity index (χ2v) is 5.60. The highest BCUT2D eigenvalue weighted by molar-refractivity contribution is 6.33. The predicted octanol–water partition coefficient (Wildman–Crippen LogP) is 3.60. The average Bonchev–Trinajstić information content (AvgIpc) is 2.52. The number of benzene rings is 1. The fourth-order valence-corrected chi connectivity index (χ4v) is 2.47. The third-order valence-electron chi connectivity index (χ3n) is 3.14. The van der Waals surface area contributed by atoms with Gasteiger partial charge in [-0.05, 0) is 30.7 Å². The van der Waals surface area contributed by atoms with E-state index < -0.39 is 0 Å². The molecule has 0 aliphatic rings. The van der Waals surface area contributed by atoms with Crippen LogP contribution >= 0.6 is 23.2 Å². The number of fused-ring (bicyclic) bond motifs is 1. The van der Waals surface area contributed by atoms with Gasteiger partial charge < -0.3 is 5.32 Å². The molecule has 0 aliphatic carbocycles. The zero-order chi connectivity index (χ0) is 16.4. The summed E-state index contributed by atoms with van der Waals surface area (Å²) in [7, 11) is 0. The summed E-state index contributed by atoms with van der Waals surface area (Å²) >= 11 is 11.9. The van der Waals surface area contributed by atoms with Gasteiger partial charge in [0.2, 0.25) is 5.28 Å². The van der Waals surface area contributed by atoms with Crippen molar-refractivity contribution in [3.63, 3.8) is 0 Å². The lowest BCUT2D eigenvalue weighted by molar-refractivity contribution is -0.116. The Morgan fingerprint density at radius 1 is 1.17 bits per heavy atom. The average molecular weight is 348 g/mol. The van der Waals surface area contributed by atoms with Crippen molar-refractivity contribution >= 4 is 51.5 Å². The van der Waals surface area contributed by atoms with Gasteiger partial charge in [0.1, 0.15) is 10.8 Å². The molecule has 116 valence electrons. The van der Waals surface area contributed by atoms with Crippen molar-refractivity contribution in [1.29, 1.82) is 0 Å². The number of ketones is 1. The summed E-state index contributed by atoms with van der Waals surface area (Å²) in [5, 5.41) is 3.49. The molecule has 2 aromatic heterocycles. The minimum absolute atomic E-state index is 0.0121. The highest BCUT2D eigenvalue weighted by atomic mass is 35.5. The first kappa shape index (κ1) is 15.6. The smallest absolute Gasteiger partial charge is 0.224 e. The summed E-state index contributed by atoms with van der Waals surface area (Å²) in [6.45, 7) is 1.52. The number of aromatic nitrogens is 4. The van der Waals surface area contributed by atoms with Crippen molar-refractivity contribution < 1.29 is 4.79 Å². The lowest BCUT2D eigenvalue weighted by Gasteiger charge is -2.13. The maximum absolute atomic E-state index is 11.6. The molecule has 6 nitrogen and oxygen atoms in total. The lowest BCUT2D eigenvalue weighted by atomic mass is 10.0. The first-order valence-electron chi connectivity index (χ1n) is 6.71. The van der Waals surface area contributed by atoms with Gasteiger partial charge in [-0.25, -0.2) is 4.98 Å². The van der Waals surface area contributed by atoms with E-state index in [9.17, 15) is 4.79 Å². The van der Waals surface area contributed by atoms with Crippen LogP contribution in [0.3, 0.4) is 0 Å². The Hall–Kier alpha value is -2.31. The molecular formula is C15H11Cl2N5O. The Morgan fingerprint density at radius 2 is 1.96 bits per heavy atom. The van der Waals surface area contributed by atoms with Gasteiger partial charge in [0.05, 0.1) is 17.2 Å². The predicted molar refractivity (Wildman–Crippen MR) is 89.3 cm³/mol. The Labute approximate surface area is 141 Å². The minimum Gasteiger partial charge on any atom is -0.339 e. The van der Waals surface area contributed by atoms with E-state index in [4.69, 9.17) is 23.2 Å². The molecule has 0 atom stereocenters. The monoisotopic (exact) mass is 347 g/mol. The number of carbonyl (C=O) groups excluding carboxylic acids is 1. The molecule has 2 heterocycles. The van der Waals surface area contributed by atoms with Gasteiger partial charge in [-0.15, -0.1) is 0 Å². The molecule has 23 heavy (non-hydrogen) atoms. The molecule has 0 radical (unpaired) electrons. The number of Topliss-reactive ketones (excluding diaryl/α,β-unsaturated/α-hetero) is 1. The summed E-state index contributed by atoms with van der Waals surface area (Å²) in [4.78, 5) is 28.1. The van der Waals surface area contributed by atoms with E-state index in [1.807, 2.05) is 12.1 Å². The van der Waals surface area contributed by atoms with Gasteiger partial charge in [0, 0.05) is 30.1 Å². The van der Waals surface area contributed by atoms with Gasteiger partial charge in [0.15, 0.2) is 5.82 Å². The van der Waals surface area contributed by atoms with Crippen molar-refractivity contribution in [2.24, 2.45) is 0 Å². The fourth-order valence-electron chi connectivity index (χ4n) is 2.20. The zero-order valence-corrected chi connectivity index (χ0v) is 13.6. The SMILES string of the molecule is CC(=O)Cc1c(Nc2nc(Cl)ncc2Cl)ccc2nccnc12. The third kappa shape index (κ3) is 3.38. The van der Waals surface area contributed by atoms with E-state index in [1.165, 1.54) is 13.1 Å².